The van der Waals surface area contributed by atoms with Crippen LogP contribution in [0.15, 0.2) is 18.2 Å². The first-order valence-corrected chi connectivity index (χ1v) is 8.50. The van der Waals surface area contributed by atoms with Gasteiger partial charge in [0, 0.05) is 6.04 Å². The largest absolute Gasteiger partial charge is 0.314 e. The number of likely N-dealkylation sites (N-methyl/N-ethyl adjacent to an activating group) is 1. The molecule has 3 rings (SSSR count). The molecule has 0 amide bonds. The van der Waals surface area contributed by atoms with E-state index < -0.39 is 0 Å². The molecule has 1 nitrogen and oxygen atoms in total. The predicted octanol–water partition coefficient (Wildman–Crippen LogP) is 4.26. The minimum Gasteiger partial charge on any atom is -0.314 e. The maximum atomic E-state index is 3.78. The van der Waals surface area contributed by atoms with Crippen molar-refractivity contribution in [3.8, 4) is 0 Å². The monoisotopic (exact) mass is 271 g/mol. The van der Waals surface area contributed by atoms with Crippen LogP contribution in [0.25, 0.3) is 0 Å². The highest BCUT2D eigenvalue weighted by atomic mass is 14.9. The molecular weight excluding hydrogens is 242 g/mol. The second-order valence-electron chi connectivity index (χ2n) is 6.98. The van der Waals surface area contributed by atoms with Gasteiger partial charge in [0.1, 0.15) is 0 Å². The molecule has 1 aromatic rings. The van der Waals surface area contributed by atoms with Crippen LogP contribution in [0.5, 0.6) is 0 Å². The molecule has 0 aromatic heterocycles. The number of hydrogen-bond donors (Lipinski definition) is 1. The quantitative estimate of drug-likeness (QED) is 0.843. The number of aryl methyl sites for hydroxylation is 2. The Kier molecular flexibility index (Phi) is 4.16. The van der Waals surface area contributed by atoms with Gasteiger partial charge >= 0.3 is 0 Å². The van der Waals surface area contributed by atoms with Crippen molar-refractivity contribution in [1.29, 1.82) is 0 Å². The zero-order valence-corrected chi connectivity index (χ0v) is 13.3. The van der Waals surface area contributed by atoms with E-state index in [1.54, 1.807) is 0 Å². The van der Waals surface area contributed by atoms with Crippen LogP contribution in [0.4, 0.5) is 0 Å². The number of rotatable bonds is 5. The maximum Gasteiger partial charge on any atom is 0.0141 e. The van der Waals surface area contributed by atoms with E-state index in [1.165, 1.54) is 48.8 Å². The van der Waals surface area contributed by atoms with Crippen LogP contribution >= 0.6 is 0 Å². The van der Waals surface area contributed by atoms with Gasteiger partial charge < -0.3 is 5.32 Å². The number of nitrogens with one attached hydrogen (secondary N) is 1. The summed E-state index contributed by atoms with van der Waals surface area (Å²) in [5.41, 5.74) is 4.36. The van der Waals surface area contributed by atoms with E-state index in [2.05, 4.69) is 44.3 Å². The van der Waals surface area contributed by atoms with Gasteiger partial charge in [-0.15, -0.1) is 0 Å². The Morgan fingerprint density at radius 1 is 1.10 bits per heavy atom. The van der Waals surface area contributed by atoms with Gasteiger partial charge in [0.05, 0.1) is 0 Å². The van der Waals surface area contributed by atoms with Gasteiger partial charge in [-0.25, -0.2) is 0 Å². The molecule has 1 heteroatoms. The lowest BCUT2D eigenvalue weighted by atomic mass is 9.97. The van der Waals surface area contributed by atoms with E-state index in [1.807, 2.05) is 0 Å². The fraction of sp³-hybridized carbons (Fsp3) is 0.684. The third-order valence-electron chi connectivity index (χ3n) is 5.68. The first-order chi connectivity index (χ1) is 9.70. The molecular formula is C19H29N. The summed E-state index contributed by atoms with van der Waals surface area (Å²) in [7, 11) is 0. The first kappa shape index (κ1) is 14.1. The Morgan fingerprint density at radius 2 is 1.80 bits per heavy atom. The van der Waals surface area contributed by atoms with Crippen LogP contribution in [-0.2, 0) is 6.42 Å². The van der Waals surface area contributed by atoms with Crippen molar-refractivity contribution < 1.29 is 0 Å². The first-order valence-electron chi connectivity index (χ1n) is 8.50. The second kappa shape index (κ2) is 5.89. The van der Waals surface area contributed by atoms with E-state index in [0.717, 1.165) is 24.3 Å². The Labute approximate surface area is 124 Å². The molecule has 2 fully saturated rings. The molecule has 3 unspecified atom stereocenters. The van der Waals surface area contributed by atoms with Crippen molar-refractivity contribution in [2.45, 2.75) is 58.9 Å². The lowest BCUT2D eigenvalue weighted by Crippen LogP contribution is -2.34. The molecule has 0 bridgehead atoms. The van der Waals surface area contributed by atoms with E-state index in [-0.39, 0.29) is 0 Å². The van der Waals surface area contributed by atoms with Crippen LogP contribution in [-0.4, -0.2) is 12.6 Å². The SMILES string of the molecule is CCNC(Cc1ccc(C)c(C)c1)C1C2CCCCC21. The third kappa shape index (κ3) is 2.79. The Balaban J connectivity index is 1.69. The van der Waals surface area contributed by atoms with Crippen LogP contribution in [0.3, 0.4) is 0 Å². The van der Waals surface area contributed by atoms with Gasteiger partial charge in [0.2, 0.25) is 0 Å². The molecule has 3 atom stereocenters. The summed E-state index contributed by atoms with van der Waals surface area (Å²) in [4.78, 5) is 0. The highest BCUT2D eigenvalue weighted by molar-refractivity contribution is 5.30. The topological polar surface area (TPSA) is 12.0 Å². The lowest BCUT2D eigenvalue weighted by molar-refractivity contribution is 0.437. The molecule has 1 aromatic carbocycles. The van der Waals surface area contributed by atoms with Crippen molar-refractivity contribution in [1.82, 2.24) is 5.32 Å². The molecule has 2 aliphatic rings. The molecule has 2 saturated carbocycles. The zero-order chi connectivity index (χ0) is 14.1. The highest BCUT2D eigenvalue weighted by Gasteiger charge is 2.53. The fourth-order valence-corrected chi connectivity index (χ4v) is 4.44. The summed E-state index contributed by atoms with van der Waals surface area (Å²) in [6, 6.07) is 7.72. The summed E-state index contributed by atoms with van der Waals surface area (Å²) in [6.45, 7) is 7.79. The van der Waals surface area contributed by atoms with E-state index in [9.17, 15) is 0 Å². The van der Waals surface area contributed by atoms with Crippen LogP contribution in [0.1, 0.15) is 49.3 Å². The summed E-state index contributed by atoms with van der Waals surface area (Å²) in [5, 5.41) is 3.78. The maximum absolute atomic E-state index is 3.78. The lowest BCUT2D eigenvalue weighted by Gasteiger charge is -2.19. The minimum atomic E-state index is 0.704. The minimum absolute atomic E-state index is 0.704. The standard InChI is InChI=1S/C19H29N/c1-4-20-18(19-16-7-5-6-8-17(16)19)12-15-10-9-13(2)14(3)11-15/h9-11,16-20H,4-8,12H2,1-3H3. The highest BCUT2D eigenvalue weighted by Crippen LogP contribution is 2.57. The van der Waals surface area contributed by atoms with Gasteiger partial charge in [0.15, 0.2) is 0 Å². The Hall–Kier alpha value is -0.820. The van der Waals surface area contributed by atoms with Crippen molar-refractivity contribution in [2.75, 3.05) is 6.54 Å². The average molecular weight is 271 g/mol. The summed E-state index contributed by atoms with van der Waals surface area (Å²) >= 11 is 0. The van der Waals surface area contributed by atoms with Gasteiger partial charge in [0.25, 0.3) is 0 Å². The van der Waals surface area contributed by atoms with Gasteiger partial charge in [-0.2, -0.15) is 0 Å². The molecule has 0 spiro atoms. The van der Waals surface area contributed by atoms with Crippen LogP contribution in [0, 0.1) is 31.6 Å². The summed E-state index contributed by atoms with van der Waals surface area (Å²) < 4.78 is 0. The summed E-state index contributed by atoms with van der Waals surface area (Å²) in [6.07, 6.45) is 7.14. The molecule has 0 saturated heterocycles. The molecule has 1 N–H and O–H groups in total. The Morgan fingerprint density at radius 3 is 2.40 bits per heavy atom. The molecule has 110 valence electrons. The zero-order valence-electron chi connectivity index (χ0n) is 13.3. The molecule has 0 aliphatic heterocycles. The predicted molar refractivity (Wildman–Crippen MR) is 86.0 cm³/mol. The third-order valence-corrected chi connectivity index (χ3v) is 5.68. The molecule has 2 aliphatic carbocycles. The molecule has 0 heterocycles. The fourth-order valence-electron chi connectivity index (χ4n) is 4.44. The van der Waals surface area contributed by atoms with E-state index in [4.69, 9.17) is 0 Å². The van der Waals surface area contributed by atoms with E-state index in [0.29, 0.717) is 6.04 Å². The van der Waals surface area contributed by atoms with Crippen LogP contribution < -0.4 is 5.32 Å². The average Bonchev–Trinajstić information content (AvgIpc) is 3.17. The van der Waals surface area contributed by atoms with Gasteiger partial charge in [-0.3, -0.25) is 0 Å². The van der Waals surface area contributed by atoms with Crippen molar-refractivity contribution in [2.24, 2.45) is 17.8 Å². The number of benzene rings is 1. The second-order valence-corrected chi connectivity index (χ2v) is 6.98. The smallest absolute Gasteiger partial charge is 0.0141 e. The Bertz CT molecular complexity index is 453. The van der Waals surface area contributed by atoms with Gasteiger partial charge in [-0.05, 0) is 74.1 Å². The molecule has 20 heavy (non-hydrogen) atoms. The van der Waals surface area contributed by atoms with Crippen molar-refractivity contribution in [3.05, 3.63) is 34.9 Å². The van der Waals surface area contributed by atoms with Crippen molar-refractivity contribution in [3.63, 3.8) is 0 Å². The molecule has 0 radical (unpaired) electrons. The van der Waals surface area contributed by atoms with Gasteiger partial charge in [-0.1, -0.05) is 38.0 Å². The summed E-state index contributed by atoms with van der Waals surface area (Å²) in [5.74, 6) is 3.04. The number of hydrogen-bond acceptors (Lipinski definition) is 1. The van der Waals surface area contributed by atoms with E-state index >= 15 is 0 Å². The van der Waals surface area contributed by atoms with Crippen LogP contribution in [0.2, 0.25) is 0 Å². The van der Waals surface area contributed by atoms with Crippen molar-refractivity contribution >= 4 is 0 Å². The number of fused-ring (bicyclic) bond motifs is 1. The normalized spacial score (nSPS) is 29.9.